The lowest BCUT2D eigenvalue weighted by molar-refractivity contribution is 0.0942. The van der Waals surface area contributed by atoms with Gasteiger partial charge >= 0.3 is 0 Å². The third kappa shape index (κ3) is 2.32. The van der Waals surface area contributed by atoms with Gasteiger partial charge in [0.2, 0.25) is 0 Å². The summed E-state index contributed by atoms with van der Waals surface area (Å²) in [5.41, 5.74) is 6.07. The highest BCUT2D eigenvalue weighted by molar-refractivity contribution is 7.08. The summed E-state index contributed by atoms with van der Waals surface area (Å²) in [5, 5.41) is 6.47. The molecule has 1 atom stereocenters. The van der Waals surface area contributed by atoms with Crippen LogP contribution in [0.2, 0.25) is 0 Å². The van der Waals surface area contributed by atoms with Crippen LogP contribution in [0.5, 0.6) is 0 Å². The van der Waals surface area contributed by atoms with Gasteiger partial charge in [0.1, 0.15) is 0 Å². The molecule has 0 radical (unpaired) electrons. The van der Waals surface area contributed by atoms with Gasteiger partial charge in [0.25, 0.3) is 5.91 Å². The van der Waals surface area contributed by atoms with Crippen molar-refractivity contribution in [3.63, 3.8) is 0 Å². The summed E-state index contributed by atoms with van der Waals surface area (Å²) in [7, 11) is 0. The second kappa shape index (κ2) is 4.23. The Hall–Kier alpha value is -0.870. The Bertz CT molecular complexity index is 246. The number of nitrogens with two attached hydrogens (primary N) is 1. The van der Waals surface area contributed by atoms with Crippen LogP contribution < -0.4 is 11.1 Å². The number of hydrogen-bond donors (Lipinski definition) is 2. The minimum Gasteiger partial charge on any atom is -0.348 e. The summed E-state index contributed by atoms with van der Waals surface area (Å²) in [6.45, 7) is 2.35. The Morgan fingerprint density at radius 1 is 1.83 bits per heavy atom. The molecule has 3 N–H and O–H groups in total. The second-order valence-electron chi connectivity index (χ2n) is 2.62. The first-order valence-electron chi connectivity index (χ1n) is 3.77. The molecule has 1 heterocycles. The average molecular weight is 184 g/mol. The molecule has 1 aromatic rings. The molecule has 3 nitrogen and oxygen atoms in total. The molecule has 0 aromatic carbocycles. The van der Waals surface area contributed by atoms with E-state index in [0.717, 1.165) is 0 Å². The summed E-state index contributed by atoms with van der Waals surface area (Å²) >= 11 is 1.51. The molecule has 0 saturated heterocycles. The normalized spacial score (nSPS) is 12.5. The highest BCUT2D eigenvalue weighted by atomic mass is 32.1. The molecule has 0 aliphatic rings. The molecule has 0 spiro atoms. The molecule has 1 amide bonds. The number of rotatable bonds is 3. The predicted octanol–water partition coefficient (Wildman–Crippen LogP) is 0.825. The van der Waals surface area contributed by atoms with E-state index in [-0.39, 0.29) is 11.9 Å². The Morgan fingerprint density at radius 3 is 3.08 bits per heavy atom. The number of hydrogen-bond acceptors (Lipinski definition) is 3. The van der Waals surface area contributed by atoms with Crippen molar-refractivity contribution in [3.05, 3.63) is 22.4 Å². The Kier molecular flexibility index (Phi) is 3.25. The van der Waals surface area contributed by atoms with Crippen LogP contribution in [-0.2, 0) is 0 Å². The molecule has 0 aliphatic carbocycles. The van der Waals surface area contributed by atoms with Gasteiger partial charge < -0.3 is 11.1 Å². The maximum atomic E-state index is 11.3. The van der Waals surface area contributed by atoms with Gasteiger partial charge in [-0.3, -0.25) is 4.79 Å². The molecule has 66 valence electrons. The second-order valence-corrected chi connectivity index (χ2v) is 3.40. The van der Waals surface area contributed by atoms with Gasteiger partial charge in [-0.1, -0.05) is 0 Å². The van der Waals surface area contributed by atoms with E-state index in [4.69, 9.17) is 5.73 Å². The van der Waals surface area contributed by atoms with Gasteiger partial charge in [-0.15, -0.1) is 0 Å². The van der Waals surface area contributed by atoms with E-state index >= 15 is 0 Å². The number of thiophene rings is 1. The molecule has 0 unspecified atom stereocenters. The first-order valence-corrected chi connectivity index (χ1v) is 4.71. The van der Waals surface area contributed by atoms with Crippen molar-refractivity contribution in [1.82, 2.24) is 5.32 Å². The van der Waals surface area contributed by atoms with Crippen molar-refractivity contribution < 1.29 is 4.79 Å². The predicted molar refractivity (Wildman–Crippen MR) is 50.3 cm³/mol. The van der Waals surface area contributed by atoms with Crippen molar-refractivity contribution in [2.24, 2.45) is 5.73 Å². The highest BCUT2D eigenvalue weighted by Gasteiger charge is 2.07. The van der Waals surface area contributed by atoms with Gasteiger partial charge in [-0.05, 0) is 18.4 Å². The van der Waals surface area contributed by atoms with Gasteiger partial charge in [0.15, 0.2) is 0 Å². The van der Waals surface area contributed by atoms with Gasteiger partial charge in [0.05, 0.1) is 0 Å². The van der Waals surface area contributed by atoms with E-state index in [1.54, 1.807) is 6.07 Å². The van der Waals surface area contributed by atoms with Crippen molar-refractivity contribution in [1.29, 1.82) is 0 Å². The zero-order valence-corrected chi connectivity index (χ0v) is 7.73. The molecule has 0 aliphatic heterocycles. The van der Waals surface area contributed by atoms with Crippen molar-refractivity contribution in [2.45, 2.75) is 13.0 Å². The fourth-order valence-electron chi connectivity index (χ4n) is 0.760. The number of nitrogens with one attached hydrogen (secondary N) is 1. The van der Waals surface area contributed by atoms with E-state index in [1.807, 2.05) is 17.7 Å². The zero-order chi connectivity index (χ0) is 8.97. The summed E-state index contributed by atoms with van der Waals surface area (Å²) in [4.78, 5) is 11.3. The Morgan fingerprint density at radius 2 is 2.58 bits per heavy atom. The van der Waals surface area contributed by atoms with Crippen LogP contribution in [-0.4, -0.2) is 18.5 Å². The van der Waals surface area contributed by atoms with Crippen molar-refractivity contribution in [3.8, 4) is 0 Å². The largest absolute Gasteiger partial charge is 0.348 e. The summed E-state index contributed by atoms with van der Waals surface area (Å²) in [5.74, 6) is -0.0470. The van der Waals surface area contributed by atoms with Gasteiger partial charge in [-0.25, -0.2) is 0 Å². The van der Waals surface area contributed by atoms with Crippen molar-refractivity contribution in [2.75, 3.05) is 6.54 Å². The topological polar surface area (TPSA) is 55.1 Å². The van der Waals surface area contributed by atoms with Crippen LogP contribution in [0.1, 0.15) is 17.3 Å². The lowest BCUT2D eigenvalue weighted by atomic mass is 10.3. The van der Waals surface area contributed by atoms with E-state index in [9.17, 15) is 4.79 Å². The summed E-state index contributed by atoms with van der Waals surface area (Å²) < 4.78 is 0. The number of carbonyl (C=O) groups is 1. The van der Waals surface area contributed by atoms with E-state index < -0.39 is 0 Å². The van der Waals surface area contributed by atoms with Crippen LogP contribution in [0.3, 0.4) is 0 Å². The third-order valence-electron chi connectivity index (χ3n) is 1.51. The SMILES string of the molecule is C[C@@H](CN)NC(=O)c1ccsc1. The molecule has 0 fully saturated rings. The van der Waals surface area contributed by atoms with Gasteiger partial charge in [-0.2, -0.15) is 11.3 Å². The molecule has 4 heteroatoms. The zero-order valence-electron chi connectivity index (χ0n) is 6.91. The standard InChI is InChI=1S/C8H12N2OS/c1-6(4-9)10-8(11)7-2-3-12-5-7/h2-3,5-6H,4,9H2,1H3,(H,10,11)/t6-/m0/s1. The molecular weight excluding hydrogens is 172 g/mol. The van der Waals surface area contributed by atoms with Crippen molar-refractivity contribution >= 4 is 17.2 Å². The first-order chi connectivity index (χ1) is 5.74. The van der Waals surface area contributed by atoms with Crippen LogP contribution >= 0.6 is 11.3 Å². The highest BCUT2D eigenvalue weighted by Crippen LogP contribution is 2.05. The fraction of sp³-hybridized carbons (Fsp3) is 0.375. The van der Waals surface area contributed by atoms with Crippen LogP contribution in [0.25, 0.3) is 0 Å². The molecule has 0 saturated carbocycles. The Balaban J connectivity index is 2.50. The fourth-order valence-corrected chi connectivity index (χ4v) is 1.40. The third-order valence-corrected chi connectivity index (χ3v) is 2.20. The van der Waals surface area contributed by atoms with E-state index in [2.05, 4.69) is 5.32 Å². The first kappa shape index (κ1) is 9.22. The summed E-state index contributed by atoms with van der Waals surface area (Å²) in [6.07, 6.45) is 0. The lowest BCUT2D eigenvalue weighted by Gasteiger charge is -2.09. The minimum absolute atomic E-state index is 0.0393. The maximum absolute atomic E-state index is 11.3. The molecule has 0 bridgehead atoms. The molecular formula is C8H12N2OS. The lowest BCUT2D eigenvalue weighted by Crippen LogP contribution is -2.37. The number of carbonyl (C=O) groups excluding carboxylic acids is 1. The summed E-state index contributed by atoms with van der Waals surface area (Å²) in [6, 6.07) is 1.83. The maximum Gasteiger partial charge on any atom is 0.252 e. The number of amides is 1. The van der Waals surface area contributed by atoms with Crippen LogP contribution in [0.15, 0.2) is 16.8 Å². The molecule has 1 rings (SSSR count). The minimum atomic E-state index is -0.0470. The van der Waals surface area contributed by atoms with Gasteiger partial charge in [0, 0.05) is 23.5 Å². The quantitative estimate of drug-likeness (QED) is 0.731. The smallest absolute Gasteiger partial charge is 0.252 e. The van der Waals surface area contributed by atoms with E-state index in [0.29, 0.717) is 12.1 Å². The monoisotopic (exact) mass is 184 g/mol. The Labute approximate surface area is 75.6 Å². The van der Waals surface area contributed by atoms with E-state index in [1.165, 1.54) is 11.3 Å². The van der Waals surface area contributed by atoms with Crippen LogP contribution in [0.4, 0.5) is 0 Å². The molecule has 12 heavy (non-hydrogen) atoms. The van der Waals surface area contributed by atoms with Crippen LogP contribution in [0, 0.1) is 0 Å². The molecule has 1 aromatic heterocycles. The average Bonchev–Trinajstić information content (AvgIpc) is 2.56.